The van der Waals surface area contributed by atoms with Crippen LogP contribution in [0.3, 0.4) is 0 Å². The molecule has 1 aliphatic rings. The van der Waals surface area contributed by atoms with Gasteiger partial charge in [-0.1, -0.05) is 66.2 Å². The summed E-state index contributed by atoms with van der Waals surface area (Å²) in [6.07, 6.45) is -0.486. The third-order valence-corrected chi connectivity index (χ3v) is 5.29. The fourth-order valence-corrected chi connectivity index (χ4v) is 4.00. The molecule has 3 aromatic carbocycles. The Hall–Kier alpha value is -3.27. The molecule has 0 saturated carbocycles. The molecule has 1 amide bonds. The summed E-state index contributed by atoms with van der Waals surface area (Å²) in [5.74, 6) is 0.248. The molecule has 0 radical (unpaired) electrons. The second kappa shape index (κ2) is 7.39. The molecule has 4 rings (SSSR count). The number of phenols is 1. The summed E-state index contributed by atoms with van der Waals surface area (Å²) in [4.78, 5) is 12.3. The minimum Gasteiger partial charge on any atom is -0.507 e. The summed E-state index contributed by atoms with van der Waals surface area (Å²) in [7, 11) is 0. The first-order valence-corrected chi connectivity index (χ1v) is 9.42. The molecule has 28 heavy (non-hydrogen) atoms. The van der Waals surface area contributed by atoms with Gasteiger partial charge >= 0.3 is 6.09 Å². The zero-order chi connectivity index (χ0) is 19.7. The van der Waals surface area contributed by atoms with Crippen molar-refractivity contribution in [3.05, 3.63) is 88.5 Å². The van der Waals surface area contributed by atoms with Crippen molar-refractivity contribution in [1.82, 2.24) is 5.32 Å². The Kier molecular flexibility index (Phi) is 4.78. The molecule has 0 heterocycles. The number of amides is 1. The van der Waals surface area contributed by atoms with Crippen molar-refractivity contribution in [2.75, 3.05) is 6.61 Å². The number of nitrogens with one attached hydrogen (secondary N) is 1. The second-order valence-electron chi connectivity index (χ2n) is 7.27. The highest BCUT2D eigenvalue weighted by atomic mass is 16.5. The summed E-state index contributed by atoms with van der Waals surface area (Å²) >= 11 is 0. The molecule has 1 aliphatic carbocycles. The van der Waals surface area contributed by atoms with Crippen molar-refractivity contribution in [2.24, 2.45) is 0 Å². The van der Waals surface area contributed by atoms with Gasteiger partial charge in [-0.25, -0.2) is 4.79 Å². The number of benzene rings is 3. The molecule has 0 atom stereocenters. The molecule has 0 fully saturated rings. The monoisotopic (exact) mass is 373 g/mol. The van der Waals surface area contributed by atoms with Crippen LogP contribution in [0, 0.1) is 13.8 Å². The molecule has 142 valence electrons. The average Bonchev–Trinajstić information content (AvgIpc) is 3.02. The predicted octanol–water partition coefficient (Wildman–Crippen LogP) is 5.05. The van der Waals surface area contributed by atoms with Gasteiger partial charge < -0.3 is 15.2 Å². The van der Waals surface area contributed by atoms with E-state index in [1.165, 1.54) is 22.3 Å². The Morgan fingerprint density at radius 3 is 2.25 bits per heavy atom. The van der Waals surface area contributed by atoms with Crippen LogP contribution in [0.5, 0.6) is 5.75 Å². The van der Waals surface area contributed by atoms with Crippen LogP contribution in [0.2, 0.25) is 0 Å². The van der Waals surface area contributed by atoms with Crippen LogP contribution < -0.4 is 5.32 Å². The highest BCUT2D eigenvalue weighted by Gasteiger charge is 2.28. The van der Waals surface area contributed by atoms with Gasteiger partial charge in [-0.15, -0.1) is 0 Å². The van der Waals surface area contributed by atoms with E-state index in [9.17, 15) is 9.90 Å². The van der Waals surface area contributed by atoms with Gasteiger partial charge in [-0.05, 0) is 41.7 Å². The summed E-state index contributed by atoms with van der Waals surface area (Å²) in [5, 5.41) is 12.9. The number of carbonyl (C=O) groups is 1. The number of aromatic hydroxyl groups is 1. The maximum Gasteiger partial charge on any atom is 0.407 e. The van der Waals surface area contributed by atoms with Gasteiger partial charge in [0.05, 0.1) is 0 Å². The topological polar surface area (TPSA) is 58.6 Å². The van der Waals surface area contributed by atoms with Crippen LogP contribution >= 0.6 is 0 Å². The Morgan fingerprint density at radius 2 is 1.61 bits per heavy atom. The fraction of sp³-hybridized carbons (Fsp3) is 0.208. The number of hydrogen-bond acceptors (Lipinski definition) is 3. The molecule has 0 spiro atoms. The van der Waals surface area contributed by atoms with E-state index in [0.717, 1.165) is 11.1 Å². The molecule has 0 aliphatic heterocycles. The van der Waals surface area contributed by atoms with Gasteiger partial charge in [0.25, 0.3) is 0 Å². The average molecular weight is 373 g/mol. The molecule has 0 saturated heterocycles. The molecular weight excluding hydrogens is 350 g/mol. The van der Waals surface area contributed by atoms with Gasteiger partial charge in [0.1, 0.15) is 12.4 Å². The Bertz CT molecular complexity index is 996. The first-order valence-electron chi connectivity index (χ1n) is 9.42. The van der Waals surface area contributed by atoms with Crippen LogP contribution in [0.15, 0.2) is 60.7 Å². The molecule has 0 aromatic heterocycles. The van der Waals surface area contributed by atoms with E-state index < -0.39 is 6.09 Å². The smallest absolute Gasteiger partial charge is 0.407 e. The number of carbonyl (C=O) groups excluding carboxylic acids is 1. The van der Waals surface area contributed by atoms with Crippen molar-refractivity contribution in [3.63, 3.8) is 0 Å². The first kappa shape index (κ1) is 18.1. The van der Waals surface area contributed by atoms with E-state index in [2.05, 4.69) is 29.6 Å². The quantitative estimate of drug-likeness (QED) is 0.673. The number of phenolic OH excluding ortho intramolecular Hbond substituents is 1. The van der Waals surface area contributed by atoms with E-state index in [4.69, 9.17) is 4.74 Å². The van der Waals surface area contributed by atoms with Gasteiger partial charge in [0.2, 0.25) is 0 Å². The lowest BCUT2D eigenvalue weighted by Gasteiger charge is -2.15. The number of ether oxygens (including phenoxy) is 1. The Balaban J connectivity index is 1.43. The van der Waals surface area contributed by atoms with Gasteiger partial charge in [-0.3, -0.25) is 0 Å². The Morgan fingerprint density at radius 1 is 1.00 bits per heavy atom. The Labute approximate surface area is 164 Å². The predicted molar refractivity (Wildman–Crippen MR) is 109 cm³/mol. The van der Waals surface area contributed by atoms with Crippen molar-refractivity contribution in [1.29, 1.82) is 0 Å². The molecular formula is C24H23NO3. The van der Waals surface area contributed by atoms with E-state index in [-0.39, 0.29) is 24.8 Å². The summed E-state index contributed by atoms with van der Waals surface area (Å²) in [6.45, 7) is 4.31. The lowest BCUT2D eigenvalue weighted by molar-refractivity contribution is 0.142. The zero-order valence-electron chi connectivity index (χ0n) is 16.0. The third kappa shape index (κ3) is 3.33. The molecule has 0 bridgehead atoms. The highest BCUT2D eigenvalue weighted by Crippen LogP contribution is 2.44. The number of alkyl carbamates (subject to hydrolysis) is 1. The lowest BCUT2D eigenvalue weighted by atomic mass is 9.98. The minimum atomic E-state index is -0.486. The standard InChI is InChI=1S/C24H23NO3/c1-15-11-16(2)23(26)17(12-15)13-25-24(27)28-14-22-20-9-5-3-7-18(20)19-8-4-6-10-21(19)22/h3-12,22,26H,13-14H2,1-2H3,(H,25,27). The summed E-state index contributed by atoms with van der Waals surface area (Å²) in [6, 6.07) is 20.3. The summed E-state index contributed by atoms with van der Waals surface area (Å²) < 4.78 is 5.53. The van der Waals surface area contributed by atoms with Crippen molar-refractivity contribution in [2.45, 2.75) is 26.3 Å². The SMILES string of the molecule is Cc1cc(C)c(O)c(CNC(=O)OCC2c3ccccc3-c3ccccc32)c1. The maximum atomic E-state index is 12.3. The summed E-state index contributed by atoms with van der Waals surface area (Å²) in [5.41, 5.74) is 7.29. The third-order valence-electron chi connectivity index (χ3n) is 5.29. The van der Waals surface area contributed by atoms with Crippen LogP contribution in [-0.4, -0.2) is 17.8 Å². The maximum absolute atomic E-state index is 12.3. The van der Waals surface area contributed by atoms with Crippen LogP contribution in [0.1, 0.15) is 33.7 Å². The van der Waals surface area contributed by atoms with Gasteiger partial charge in [0.15, 0.2) is 0 Å². The second-order valence-corrected chi connectivity index (χ2v) is 7.27. The molecule has 0 unspecified atom stereocenters. The van der Waals surface area contributed by atoms with E-state index in [1.807, 2.05) is 50.2 Å². The lowest BCUT2D eigenvalue weighted by Crippen LogP contribution is -2.25. The van der Waals surface area contributed by atoms with Crippen LogP contribution in [-0.2, 0) is 11.3 Å². The molecule has 2 N–H and O–H groups in total. The minimum absolute atomic E-state index is 0.0350. The largest absolute Gasteiger partial charge is 0.507 e. The normalized spacial score (nSPS) is 12.4. The fourth-order valence-electron chi connectivity index (χ4n) is 4.00. The van der Waals surface area contributed by atoms with Crippen LogP contribution in [0.4, 0.5) is 4.79 Å². The van der Waals surface area contributed by atoms with E-state index in [0.29, 0.717) is 5.56 Å². The van der Waals surface area contributed by atoms with Gasteiger partial charge in [-0.2, -0.15) is 0 Å². The molecule has 4 heteroatoms. The van der Waals surface area contributed by atoms with E-state index in [1.54, 1.807) is 0 Å². The van der Waals surface area contributed by atoms with Crippen molar-refractivity contribution in [3.8, 4) is 16.9 Å². The molecule has 4 nitrogen and oxygen atoms in total. The van der Waals surface area contributed by atoms with Crippen molar-refractivity contribution >= 4 is 6.09 Å². The van der Waals surface area contributed by atoms with Crippen LogP contribution in [0.25, 0.3) is 11.1 Å². The van der Waals surface area contributed by atoms with Gasteiger partial charge in [0, 0.05) is 18.0 Å². The number of fused-ring (bicyclic) bond motifs is 3. The number of aryl methyl sites for hydroxylation is 2. The highest BCUT2D eigenvalue weighted by molar-refractivity contribution is 5.79. The zero-order valence-corrected chi connectivity index (χ0v) is 16.0. The number of hydrogen-bond donors (Lipinski definition) is 2. The van der Waals surface area contributed by atoms with Crippen molar-refractivity contribution < 1.29 is 14.6 Å². The first-order chi connectivity index (χ1) is 13.5. The van der Waals surface area contributed by atoms with E-state index >= 15 is 0 Å². The number of rotatable bonds is 4. The molecule has 3 aromatic rings.